The van der Waals surface area contributed by atoms with Crippen molar-refractivity contribution < 1.29 is 8.78 Å². The van der Waals surface area contributed by atoms with Gasteiger partial charge in [-0.15, -0.1) is 0 Å². The molecule has 1 N–H and O–H groups in total. The summed E-state index contributed by atoms with van der Waals surface area (Å²) in [7, 11) is 0. The maximum atomic E-state index is 13.6. The van der Waals surface area contributed by atoms with Crippen molar-refractivity contribution >= 4 is 21.6 Å². The number of benzene rings is 2. The lowest BCUT2D eigenvalue weighted by molar-refractivity contribution is 0.580. The second kappa shape index (κ2) is 5.70. The molecule has 0 saturated carbocycles. The minimum absolute atomic E-state index is 0.248. The fraction of sp³-hybridized carbons (Fsp3) is 0.200. The summed E-state index contributed by atoms with van der Waals surface area (Å²) in [5.41, 5.74) is 3.76. The Balaban J connectivity index is 2.19. The van der Waals surface area contributed by atoms with Crippen LogP contribution in [0.5, 0.6) is 0 Å². The van der Waals surface area contributed by atoms with Gasteiger partial charge >= 0.3 is 0 Å². The molecule has 0 unspecified atom stereocenters. The van der Waals surface area contributed by atoms with Crippen LogP contribution in [0.1, 0.15) is 16.7 Å². The van der Waals surface area contributed by atoms with Gasteiger partial charge in [-0.05, 0) is 52.5 Å². The summed E-state index contributed by atoms with van der Waals surface area (Å²) in [6.07, 6.45) is 0. The van der Waals surface area contributed by atoms with E-state index in [1.54, 1.807) is 0 Å². The Morgan fingerprint density at radius 3 is 2.58 bits per heavy atom. The smallest absolute Gasteiger partial charge is 0.149 e. The zero-order valence-corrected chi connectivity index (χ0v) is 12.3. The van der Waals surface area contributed by atoms with Gasteiger partial charge in [-0.25, -0.2) is 8.78 Å². The highest BCUT2D eigenvalue weighted by Gasteiger charge is 2.08. The number of rotatable bonds is 3. The topological polar surface area (TPSA) is 12.0 Å². The fourth-order valence-electron chi connectivity index (χ4n) is 1.85. The lowest BCUT2D eigenvalue weighted by Gasteiger charge is -2.12. The van der Waals surface area contributed by atoms with Crippen molar-refractivity contribution in [3.05, 3.63) is 63.1 Å². The zero-order valence-electron chi connectivity index (χ0n) is 10.7. The molecule has 0 aromatic heterocycles. The van der Waals surface area contributed by atoms with Gasteiger partial charge < -0.3 is 5.32 Å². The first-order valence-corrected chi connectivity index (χ1v) is 6.72. The summed E-state index contributed by atoms with van der Waals surface area (Å²) in [5, 5.41) is 2.99. The Morgan fingerprint density at radius 2 is 1.84 bits per heavy atom. The first-order valence-electron chi connectivity index (χ1n) is 5.92. The molecule has 0 atom stereocenters. The molecule has 19 heavy (non-hydrogen) atoms. The minimum Gasteiger partial charge on any atom is -0.379 e. The maximum absolute atomic E-state index is 13.6. The first kappa shape index (κ1) is 14.0. The van der Waals surface area contributed by atoms with Gasteiger partial charge in [0.1, 0.15) is 11.6 Å². The molecule has 4 heteroatoms. The molecule has 0 aliphatic heterocycles. The van der Waals surface area contributed by atoms with Crippen LogP contribution in [0.3, 0.4) is 0 Å². The number of aryl methyl sites for hydroxylation is 1. The molecular formula is C15H14BrF2N. The molecule has 0 aliphatic rings. The average molecular weight is 326 g/mol. The highest BCUT2D eigenvalue weighted by Crippen LogP contribution is 2.24. The van der Waals surface area contributed by atoms with Gasteiger partial charge in [0.25, 0.3) is 0 Å². The SMILES string of the molecule is Cc1cccc(CNc2cc(Br)c(F)cc2F)c1C. The van der Waals surface area contributed by atoms with E-state index in [0.29, 0.717) is 6.54 Å². The van der Waals surface area contributed by atoms with E-state index < -0.39 is 11.6 Å². The highest BCUT2D eigenvalue weighted by atomic mass is 79.9. The maximum Gasteiger partial charge on any atom is 0.149 e. The number of anilines is 1. The lowest BCUT2D eigenvalue weighted by atomic mass is 10.0. The lowest BCUT2D eigenvalue weighted by Crippen LogP contribution is -2.04. The molecule has 2 rings (SSSR count). The van der Waals surface area contributed by atoms with Crippen LogP contribution >= 0.6 is 15.9 Å². The summed E-state index contributed by atoms with van der Waals surface area (Å²) in [6, 6.07) is 8.28. The van der Waals surface area contributed by atoms with Crippen LogP contribution in [0.25, 0.3) is 0 Å². The van der Waals surface area contributed by atoms with E-state index in [9.17, 15) is 8.78 Å². The fourth-order valence-corrected chi connectivity index (χ4v) is 2.20. The van der Waals surface area contributed by atoms with Gasteiger partial charge in [0.15, 0.2) is 0 Å². The largest absolute Gasteiger partial charge is 0.379 e. The molecule has 0 saturated heterocycles. The van der Waals surface area contributed by atoms with Gasteiger partial charge in [-0.1, -0.05) is 18.2 Å². The second-order valence-electron chi connectivity index (χ2n) is 4.46. The molecule has 0 heterocycles. The third-order valence-electron chi connectivity index (χ3n) is 3.20. The number of hydrogen-bond acceptors (Lipinski definition) is 1. The van der Waals surface area contributed by atoms with Crippen molar-refractivity contribution in [2.24, 2.45) is 0 Å². The van der Waals surface area contributed by atoms with Crippen molar-refractivity contribution in [1.82, 2.24) is 0 Å². The van der Waals surface area contributed by atoms with Crippen LogP contribution in [0.4, 0.5) is 14.5 Å². The van der Waals surface area contributed by atoms with Crippen LogP contribution in [0, 0.1) is 25.5 Å². The van der Waals surface area contributed by atoms with E-state index in [1.807, 2.05) is 32.0 Å². The Bertz CT molecular complexity index is 611. The minimum atomic E-state index is -0.602. The van der Waals surface area contributed by atoms with E-state index in [-0.39, 0.29) is 10.2 Å². The Kier molecular flexibility index (Phi) is 4.20. The Morgan fingerprint density at radius 1 is 1.11 bits per heavy atom. The Labute approximate surface area is 119 Å². The van der Waals surface area contributed by atoms with Gasteiger partial charge in [-0.2, -0.15) is 0 Å². The summed E-state index contributed by atoms with van der Waals surface area (Å²) < 4.78 is 27.0. The normalized spacial score (nSPS) is 10.6. The monoisotopic (exact) mass is 325 g/mol. The van der Waals surface area contributed by atoms with Gasteiger partial charge in [-0.3, -0.25) is 0 Å². The average Bonchev–Trinajstić information content (AvgIpc) is 2.37. The van der Waals surface area contributed by atoms with Crippen LogP contribution in [-0.4, -0.2) is 0 Å². The third-order valence-corrected chi connectivity index (χ3v) is 3.80. The quantitative estimate of drug-likeness (QED) is 0.787. The van der Waals surface area contributed by atoms with E-state index in [4.69, 9.17) is 0 Å². The molecule has 1 nitrogen and oxygen atoms in total. The van der Waals surface area contributed by atoms with Crippen molar-refractivity contribution in [3.8, 4) is 0 Å². The predicted octanol–water partition coefficient (Wildman–Crippen LogP) is 4.96. The van der Waals surface area contributed by atoms with E-state index in [1.165, 1.54) is 17.2 Å². The van der Waals surface area contributed by atoms with Gasteiger partial charge in [0, 0.05) is 12.6 Å². The van der Waals surface area contributed by atoms with Crippen molar-refractivity contribution in [2.75, 3.05) is 5.32 Å². The van der Waals surface area contributed by atoms with Crippen molar-refractivity contribution in [3.63, 3.8) is 0 Å². The number of nitrogens with one attached hydrogen (secondary N) is 1. The van der Waals surface area contributed by atoms with Gasteiger partial charge in [0.05, 0.1) is 10.2 Å². The van der Waals surface area contributed by atoms with Crippen molar-refractivity contribution in [1.29, 1.82) is 0 Å². The highest BCUT2D eigenvalue weighted by molar-refractivity contribution is 9.10. The summed E-state index contributed by atoms with van der Waals surface area (Å²) in [5.74, 6) is -1.19. The number of hydrogen-bond donors (Lipinski definition) is 1. The third kappa shape index (κ3) is 3.13. The predicted molar refractivity (Wildman–Crippen MR) is 77.3 cm³/mol. The van der Waals surface area contributed by atoms with Gasteiger partial charge in [0.2, 0.25) is 0 Å². The molecule has 100 valence electrons. The summed E-state index contributed by atoms with van der Waals surface area (Å²) in [6.45, 7) is 4.57. The van der Waals surface area contributed by atoms with E-state index in [0.717, 1.165) is 11.6 Å². The summed E-state index contributed by atoms with van der Waals surface area (Å²) in [4.78, 5) is 0. The van der Waals surface area contributed by atoms with Crippen LogP contribution in [0.15, 0.2) is 34.8 Å². The Hall–Kier alpha value is -1.42. The standard InChI is InChI=1S/C15H14BrF2N/c1-9-4-3-5-11(10(9)2)8-19-15-6-12(16)13(17)7-14(15)18/h3-7,19H,8H2,1-2H3. The molecular weight excluding hydrogens is 312 g/mol. The molecule has 0 amide bonds. The molecule has 0 bridgehead atoms. The summed E-state index contributed by atoms with van der Waals surface area (Å²) >= 11 is 3.05. The van der Waals surface area contributed by atoms with Crippen molar-refractivity contribution in [2.45, 2.75) is 20.4 Å². The molecule has 2 aromatic rings. The number of halogens is 3. The zero-order chi connectivity index (χ0) is 14.0. The first-order chi connectivity index (χ1) is 8.99. The second-order valence-corrected chi connectivity index (χ2v) is 5.31. The molecule has 0 aliphatic carbocycles. The molecule has 0 fully saturated rings. The van der Waals surface area contributed by atoms with E-state index >= 15 is 0 Å². The van der Waals surface area contributed by atoms with E-state index in [2.05, 4.69) is 21.2 Å². The van der Waals surface area contributed by atoms with Crippen LogP contribution in [-0.2, 0) is 6.54 Å². The van der Waals surface area contributed by atoms with Crippen LogP contribution < -0.4 is 5.32 Å². The van der Waals surface area contributed by atoms with Crippen LogP contribution in [0.2, 0.25) is 0 Å². The molecule has 0 radical (unpaired) electrons. The molecule has 0 spiro atoms. The molecule has 2 aromatic carbocycles.